The van der Waals surface area contributed by atoms with E-state index < -0.39 is 0 Å². The van der Waals surface area contributed by atoms with E-state index in [-0.39, 0.29) is 19.5 Å². The topological polar surface area (TPSA) is 37.4 Å². The van der Waals surface area contributed by atoms with Gasteiger partial charge < -0.3 is 15.5 Å². The van der Waals surface area contributed by atoms with Crippen LogP contribution in [0, 0.1) is 5.92 Å². The number of hydrogen-bond donors (Lipinski definition) is 0. The first kappa shape index (κ1) is 30.7. The first-order valence-electron chi connectivity index (χ1n) is 5.82. The van der Waals surface area contributed by atoms with Crippen LogP contribution in [0.25, 0.3) is 0 Å². The van der Waals surface area contributed by atoms with Gasteiger partial charge in [-0.3, -0.25) is 18.5 Å². The van der Waals surface area contributed by atoms with Crippen LogP contribution >= 0.6 is 0 Å². The molecule has 18 heavy (non-hydrogen) atoms. The molecule has 0 rings (SSSR count). The predicted octanol–water partition coefficient (Wildman–Crippen LogP) is 3.19. The number of nitrogens with zero attached hydrogens (tertiary/aromatic N) is 1. The zero-order valence-corrected chi connectivity index (χ0v) is 14.9. The van der Waals surface area contributed by atoms with Crippen molar-refractivity contribution in [1.82, 2.24) is 4.90 Å². The summed E-state index contributed by atoms with van der Waals surface area (Å²) in [4.78, 5) is 18.0. The second-order valence-electron chi connectivity index (χ2n) is 4.52. The summed E-state index contributed by atoms with van der Waals surface area (Å²) in [6.07, 6.45) is 0. The van der Waals surface area contributed by atoms with Gasteiger partial charge in [-0.1, -0.05) is 6.92 Å². The fraction of sp³-hybridized carbons (Fsp3) is 0.786. The maximum atomic E-state index is 7.75. The van der Waals surface area contributed by atoms with Crippen molar-refractivity contribution in [2.24, 2.45) is 0 Å². The average Bonchev–Trinajstić information content (AvgIpc) is 2.22. The van der Waals surface area contributed by atoms with Crippen LogP contribution < -0.4 is 0 Å². The molecule has 0 heterocycles. The maximum Gasteiger partial charge on any atom is 4.00 e. The van der Waals surface area contributed by atoms with Gasteiger partial charge in [0.05, 0.1) is 0 Å². The summed E-state index contributed by atoms with van der Waals surface area (Å²) in [7, 11) is 0. The standard InChI is InChI=1S/C8H19N.C4H9.2CHO.Ru/c1-6-9(7(2)3)8(4)5;1-4(2)3;2*1-2;/h7-8H,6H2,1-5H3;1-3H3;2*1H;/q;3*-1;+4. The van der Waals surface area contributed by atoms with E-state index in [1.165, 1.54) is 5.92 Å². The van der Waals surface area contributed by atoms with Gasteiger partial charge in [0.1, 0.15) is 0 Å². The van der Waals surface area contributed by atoms with E-state index in [0.29, 0.717) is 12.1 Å². The quantitative estimate of drug-likeness (QED) is 0.448. The Hall–Kier alpha value is -0.0766. The predicted molar refractivity (Wildman–Crippen MR) is 76.4 cm³/mol. The number of hydrogen-bond acceptors (Lipinski definition) is 3. The van der Waals surface area contributed by atoms with E-state index >= 15 is 0 Å². The molecule has 0 amide bonds. The Morgan fingerprint density at radius 1 is 0.889 bits per heavy atom. The molecular formula is C14H30NO2Ru+. The minimum atomic E-state index is 0. The Morgan fingerprint density at radius 3 is 1.06 bits per heavy atom. The van der Waals surface area contributed by atoms with Crippen LogP contribution in [-0.2, 0) is 29.1 Å². The number of rotatable bonds is 3. The van der Waals surface area contributed by atoms with Crippen molar-refractivity contribution in [2.75, 3.05) is 6.54 Å². The fourth-order valence-corrected chi connectivity index (χ4v) is 1.33. The molecule has 0 aliphatic carbocycles. The van der Waals surface area contributed by atoms with E-state index in [4.69, 9.17) is 9.59 Å². The molecule has 0 aromatic heterocycles. The molecule has 0 saturated heterocycles. The first-order chi connectivity index (χ1) is 7.82. The van der Waals surface area contributed by atoms with Gasteiger partial charge in [0.25, 0.3) is 0 Å². The second-order valence-corrected chi connectivity index (χ2v) is 4.52. The van der Waals surface area contributed by atoms with Gasteiger partial charge in [-0.05, 0) is 34.2 Å². The summed E-state index contributed by atoms with van der Waals surface area (Å²) >= 11 is 0. The van der Waals surface area contributed by atoms with Gasteiger partial charge in [0.15, 0.2) is 0 Å². The van der Waals surface area contributed by atoms with Crippen molar-refractivity contribution >= 4 is 13.6 Å². The van der Waals surface area contributed by atoms with Crippen LogP contribution in [0.3, 0.4) is 0 Å². The van der Waals surface area contributed by atoms with E-state index in [9.17, 15) is 0 Å². The van der Waals surface area contributed by atoms with E-state index in [1.807, 2.05) is 0 Å². The third kappa shape index (κ3) is 36.0. The minimum Gasteiger partial charge on any atom is -0.545 e. The van der Waals surface area contributed by atoms with Gasteiger partial charge in [-0.15, -0.1) is 0 Å². The molecule has 0 fully saturated rings. The zero-order valence-electron chi connectivity index (χ0n) is 13.1. The smallest absolute Gasteiger partial charge is 0.545 e. The van der Waals surface area contributed by atoms with E-state index in [0.717, 1.165) is 6.54 Å². The van der Waals surface area contributed by atoms with Gasteiger partial charge in [-0.25, -0.2) is 0 Å². The molecule has 0 aromatic carbocycles. The summed E-state index contributed by atoms with van der Waals surface area (Å²) < 4.78 is 0. The van der Waals surface area contributed by atoms with Crippen molar-refractivity contribution in [3.8, 4) is 0 Å². The molecule has 0 aliphatic heterocycles. The van der Waals surface area contributed by atoms with Crippen molar-refractivity contribution in [1.29, 1.82) is 0 Å². The summed E-state index contributed by atoms with van der Waals surface area (Å²) in [6.45, 7) is 25.1. The Bertz CT molecular complexity index is 118. The molecule has 4 heteroatoms. The second kappa shape index (κ2) is 25.7. The van der Waals surface area contributed by atoms with Crippen LogP contribution in [0.1, 0.15) is 55.4 Å². The summed E-state index contributed by atoms with van der Waals surface area (Å²) in [6, 6.07) is 1.38. The Balaban J connectivity index is -0.0000000532. The Labute approximate surface area is 127 Å². The van der Waals surface area contributed by atoms with Gasteiger partial charge >= 0.3 is 19.5 Å². The van der Waals surface area contributed by atoms with Crippen molar-refractivity contribution in [3.05, 3.63) is 5.92 Å². The molecule has 3 nitrogen and oxygen atoms in total. The van der Waals surface area contributed by atoms with Crippen molar-refractivity contribution < 1.29 is 29.1 Å². The maximum absolute atomic E-state index is 7.75. The van der Waals surface area contributed by atoms with Crippen LogP contribution in [0.2, 0.25) is 0 Å². The van der Waals surface area contributed by atoms with Crippen LogP contribution in [-0.4, -0.2) is 37.1 Å². The fourth-order valence-electron chi connectivity index (χ4n) is 1.33. The molecular weight excluding hydrogens is 315 g/mol. The molecule has 0 atom stereocenters. The monoisotopic (exact) mass is 346 g/mol. The average molecular weight is 345 g/mol. The van der Waals surface area contributed by atoms with Crippen LogP contribution in [0.4, 0.5) is 0 Å². The van der Waals surface area contributed by atoms with Crippen LogP contribution in [0.15, 0.2) is 0 Å². The summed E-state index contributed by atoms with van der Waals surface area (Å²) in [5.74, 6) is 1.42. The first-order valence-corrected chi connectivity index (χ1v) is 5.82. The summed E-state index contributed by atoms with van der Waals surface area (Å²) in [5, 5.41) is 0. The van der Waals surface area contributed by atoms with Crippen molar-refractivity contribution in [3.63, 3.8) is 0 Å². The molecule has 0 aliphatic rings. The summed E-state index contributed by atoms with van der Waals surface area (Å²) in [5.41, 5.74) is 0. The van der Waals surface area contributed by atoms with Gasteiger partial charge in [0, 0.05) is 12.1 Å². The normalized spacial score (nSPS) is 8.44. The van der Waals surface area contributed by atoms with Crippen molar-refractivity contribution in [2.45, 2.75) is 67.5 Å². The minimum absolute atomic E-state index is 0. The molecule has 0 saturated carbocycles. The third-order valence-corrected chi connectivity index (χ3v) is 1.69. The Kier molecular flexibility index (Phi) is 43.9. The zero-order chi connectivity index (χ0) is 15.0. The molecule has 0 bridgehead atoms. The number of carbonyl (C=O) groups excluding carboxylic acids is 2. The van der Waals surface area contributed by atoms with Gasteiger partial charge in [0.2, 0.25) is 0 Å². The largest absolute Gasteiger partial charge is 4.00 e. The molecule has 0 spiro atoms. The molecule has 0 unspecified atom stereocenters. The molecule has 0 radical (unpaired) electrons. The van der Waals surface area contributed by atoms with Crippen LogP contribution in [0.5, 0.6) is 0 Å². The SMILES string of the molecule is CCN(C(C)C)C(C)C.C[C-](C)C.[CH-]=O.[CH-]=O.[Ru+4]. The Morgan fingerprint density at radius 2 is 1.06 bits per heavy atom. The molecule has 110 valence electrons. The third-order valence-electron chi connectivity index (χ3n) is 1.69. The molecule has 0 aromatic rings. The van der Waals surface area contributed by atoms with E-state index in [2.05, 4.69) is 73.9 Å². The molecule has 0 N–H and O–H groups in total. The van der Waals surface area contributed by atoms with E-state index in [1.54, 1.807) is 0 Å². The van der Waals surface area contributed by atoms with Gasteiger partial charge in [-0.2, -0.15) is 20.8 Å².